The van der Waals surface area contributed by atoms with Gasteiger partial charge in [0.25, 0.3) is 0 Å². The van der Waals surface area contributed by atoms with Gasteiger partial charge in [-0.2, -0.15) is 40.0 Å². The van der Waals surface area contributed by atoms with Crippen molar-refractivity contribution in [2.24, 2.45) is 0 Å². The second-order valence-corrected chi connectivity index (χ2v) is 9.72. The van der Waals surface area contributed by atoms with E-state index in [0.717, 1.165) is 14.2 Å². The lowest BCUT2D eigenvalue weighted by molar-refractivity contribution is -0.261. The van der Waals surface area contributed by atoms with E-state index in [1.807, 2.05) is 0 Å². The highest BCUT2D eigenvalue weighted by molar-refractivity contribution is 9.25. The van der Waals surface area contributed by atoms with E-state index in [0.29, 0.717) is 0 Å². The fraction of sp³-hybridized carbons (Fsp3) is 1.00. The largest absolute Gasteiger partial charge is 0.390 e. The molecule has 1 aliphatic rings. The lowest BCUT2D eigenvalue weighted by Gasteiger charge is -2.39. The lowest BCUT2D eigenvalue weighted by atomic mass is 10.1. The summed E-state index contributed by atoms with van der Waals surface area (Å²) in [6, 6.07) is -3.67. The predicted molar refractivity (Wildman–Crippen MR) is 86.7 cm³/mol. The van der Waals surface area contributed by atoms with Crippen LogP contribution in [0.3, 0.4) is 0 Å². The molecule has 0 saturated carbocycles. The van der Waals surface area contributed by atoms with Gasteiger partial charge in [-0.3, -0.25) is 0 Å². The highest BCUT2D eigenvalue weighted by Crippen LogP contribution is 2.51. The van der Waals surface area contributed by atoms with Crippen LogP contribution in [0.4, 0.5) is 35.1 Å². The van der Waals surface area contributed by atoms with Gasteiger partial charge >= 0.3 is 18.5 Å². The number of rotatable bonds is 8. The van der Waals surface area contributed by atoms with Crippen molar-refractivity contribution in [3.05, 3.63) is 0 Å². The van der Waals surface area contributed by atoms with E-state index >= 15 is 8.78 Å². The van der Waals surface area contributed by atoms with Gasteiger partial charge in [0.15, 0.2) is 3.36 Å². The summed E-state index contributed by atoms with van der Waals surface area (Å²) in [5.74, 6) is 0. The smallest absolute Gasteiger partial charge is 0.383 e. The molecule has 1 fully saturated rings. The molecule has 1 aliphatic heterocycles. The van der Waals surface area contributed by atoms with E-state index in [4.69, 9.17) is 0 Å². The van der Waals surface area contributed by atoms with Gasteiger partial charge in [0.05, 0.1) is 32.1 Å². The SMILES string of the molecule is COCC(CC(F)(F)F)N1CC(Br)(Br)N(C(COC)CC(F)(F)F)C1(F)F. The molecule has 1 heterocycles. The van der Waals surface area contributed by atoms with Crippen molar-refractivity contribution in [1.29, 1.82) is 0 Å². The van der Waals surface area contributed by atoms with E-state index in [9.17, 15) is 26.3 Å². The summed E-state index contributed by atoms with van der Waals surface area (Å²) < 4.78 is 114. The van der Waals surface area contributed by atoms with Crippen LogP contribution in [0.25, 0.3) is 0 Å². The zero-order valence-electron chi connectivity index (χ0n) is 14.2. The minimum atomic E-state index is -4.79. The molecule has 0 aromatic rings. The van der Waals surface area contributed by atoms with Crippen LogP contribution in [-0.2, 0) is 9.47 Å². The molecule has 27 heavy (non-hydrogen) atoms. The first-order valence-electron chi connectivity index (χ1n) is 7.48. The van der Waals surface area contributed by atoms with Crippen molar-refractivity contribution in [3.8, 4) is 0 Å². The zero-order valence-corrected chi connectivity index (χ0v) is 17.4. The molecule has 0 spiro atoms. The van der Waals surface area contributed by atoms with Crippen molar-refractivity contribution in [3.63, 3.8) is 0 Å². The van der Waals surface area contributed by atoms with Crippen LogP contribution in [0.15, 0.2) is 0 Å². The average Bonchev–Trinajstić information content (AvgIpc) is 2.60. The average molecular weight is 546 g/mol. The Bertz CT molecular complexity index is 490. The molecule has 0 aromatic carbocycles. The first kappa shape index (κ1) is 25.3. The molecule has 0 aliphatic carbocycles. The minimum absolute atomic E-state index is 0.135. The van der Waals surface area contributed by atoms with Gasteiger partial charge in [0.2, 0.25) is 0 Å². The second-order valence-electron chi connectivity index (χ2n) is 6.03. The first-order valence-corrected chi connectivity index (χ1v) is 9.07. The van der Waals surface area contributed by atoms with Crippen LogP contribution in [0.1, 0.15) is 12.8 Å². The quantitative estimate of drug-likeness (QED) is 0.254. The van der Waals surface area contributed by atoms with Gasteiger partial charge in [-0.25, -0.2) is 4.90 Å². The van der Waals surface area contributed by atoms with Gasteiger partial charge in [-0.15, -0.1) is 0 Å². The Morgan fingerprint density at radius 1 is 0.889 bits per heavy atom. The third-order valence-electron chi connectivity index (χ3n) is 3.81. The van der Waals surface area contributed by atoms with Gasteiger partial charge in [-0.1, -0.05) is 31.9 Å². The summed E-state index contributed by atoms with van der Waals surface area (Å²) in [4.78, 5) is 0.308. The number of halogens is 10. The summed E-state index contributed by atoms with van der Waals surface area (Å²) in [5.41, 5.74) is 0. The Kier molecular flexibility index (Phi) is 8.37. The molecule has 162 valence electrons. The Morgan fingerprint density at radius 2 is 1.30 bits per heavy atom. The standard InChI is InChI=1S/C13H18Br2F8N2O2/c1-26-5-8(3-11(16,17)18)24-7-10(14,15)25(13(24,22)23)9(6-27-2)4-12(19,20)21/h8-9H,3-7H2,1-2H3. The summed E-state index contributed by atoms with van der Waals surface area (Å²) in [7, 11) is 2.08. The summed E-state index contributed by atoms with van der Waals surface area (Å²) >= 11 is 5.76. The molecule has 2 unspecified atom stereocenters. The van der Waals surface area contributed by atoms with Gasteiger partial charge in [0.1, 0.15) is 0 Å². The van der Waals surface area contributed by atoms with Crippen molar-refractivity contribution in [2.75, 3.05) is 34.0 Å². The number of hydrogen-bond acceptors (Lipinski definition) is 4. The summed E-state index contributed by atoms with van der Waals surface area (Å²) in [6.07, 6.45) is -17.0. The van der Waals surface area contributed by atoms with Crippen LogP contribution >= 0.6 is 31.9 Å². The Balaban J connectivity index is 3.26. The van der Waals surface area contributed by atoms with Gasteiger partial charge < -0.3 is 9.47 Å². The normalized spacial score (nSPS) is 23.6. The van der Waals surface area contributed by atoms with E-state index in [1.54, 1.807) is 0 Å². The highest BCUT2D eigenvalue weighted by atomic mass is 79.9. The molecule has 0 bridgehead atoms. The van der Waals surface area contributed by atoms with Crippen LogP contribution < -0.4 is 0 Å². The predicted octanol–water partition coefficient (Wildman–Crippen LogP) is 4.53. The molecule has 0 radical (unpaired) electrons. The van der Waals surface area contributed by atoms with E-state index in [2.05, 4.69) is 41.3 Å². The number of alkyl halides is 10. The van der Waals surface area contributed by atoms with E-state index in [-0.39, 0.29) is 9.80 Å². The van der Waals surface area contributed by atoms with Crippen molar-refractivity contribution in [2.45, 2.75) is 46.8 Å². The van der Waals surface area contributed by atoms with E-state index < -0.39 is 66.6 Å². The number of nitrogens with zero attached hydrogens (tertiary/aromatic N) is 2. The van der Waals surface area contributed by atoms with Gasteiger partial charge in [0, 0.05) is 26.8 Å². The first-order chi connectivity index (χ1) is 12.0. The summed E-state index contributed by atoms with van der Waals surface area (Å²) in [6.45, 7) is -2.13. The van der Waals surface area contributed by atoms with E-state index in [1.165, 1.54) is 0 Å². The van der Waals surface area contributed by atoms with Crippen LogP contribution in [0.2, 0.25) is 0 Å². The molecule has 0 N–H and O–H groups in total. The molecule has 2 atom stereocenters. The molecule has 1 saturated heterocycles. The molecule has 4 nitrogen and oxygen atoms in total. The third-order valence-corrected chi connectivity index (χ3v) is 5.07. The van der Waals surface area contributed by atoms with Gasteiger partial charge in [-0.05, 0) is 0 Å². The molecule has 0 aromatic heterocycles. The molecule has 14 heteroatoms. The Labute approximate surface area is 167 Å². The maximum atomic E-state index is 15.0. The van der Waals surface area contributed by atoms with Crippen molar-refractivity contribution >= 4 is 31.9 Å². The maximum absolute atomic E-state index is 15.0. The molecular formula is C13H18Br2F8N2O2. The number of methoxy groups -OCH3 is 2. The van der Waals surface area contributed by atoms with Crippen LogP contribution in [0.5, 0.6) is 0 Å². The lowest BCUT2D eigenvalue weighted by Crippen LogP contribution is -2.58. The maximum Gasteiger partial charge on any atom is 0.390 e. The van der Waals surface area contributed by atoms with Crippen LogP contribution in [0, 0.1) is 0 Å². The topological polar surface area (TPSA) is 24.9 Å². The minimum Gasteiger partial charge on any atom is -0.383 e. The zero-order chi connectivity index (χ0) is 21.3. The molecule has 1 rings (SSSR count). The Morgan fingerprint density at radius 3 is 1.70 bits per heavy atom. The number of ether oxygens (including phenoxy) is 2. The Hall–Kier alpha value is 0.240. The second kappa shape index (κ2) is 8.94. The highest BCUT2D eigenvalue weighted by Gasteiger charge is 2.65. The fourth-order valence-electron chi connectivity index (χ4n) is 2.95. The monoisotopic (exact) mass is 544 g/mol. The fourth-order valence-corrected chi connectivity index (χ4v) is 4.50. The van der Waals surface area contributed by atoms with Crippen molar-refractivity contribution < 1.29 is 44.6 Å². The summed E-state index contributed by atoms with van der Waals surface area (Å²) in [5, 5.41) is 0. The van der Waals surface area contributed by atoms with Crippen molar-refractivity contribution in [1.82, 2.24) is 9.80 Å². The molecule has 0 amide bonds. The van der Waals surface area contributed by atoms with Crippen LogP contribution in [-0.4, -0.2) is 77.7 Å². The molecular weight excluding hydrogens is 528 g/mol. The third kappa shape index (κ3) is 6.91. The number of hydrogen-bond donors (Lipinski definition) is 0.